The summed E-state index contributed by atoms with van der Waals surface area (Å²) in [6.45, 7) is 0.960. The molecule has 2 aromatic rings. The largest absolute Gasteiger partial charge is 0.508 e. The van der Waals surface area contributed by atoms with Crippen LogP contribution in [-0.4, -0.2) is 35.8 Å². The molecule has 1 heterocycles. The average Bonchev–Trinajstić information content (AvgIpc) is 2.52. The van der Waals surface area contributed by atoms with Gasteiger partial charge in [-0.25, -0.2) is 0 Å². The van der Waals surface area contributed by atoms with Gasteiger partial charge in [0.05, 0.1) is 7.11 Å². The van der Waals surface area contributed by atoms with E-state index in [4.69, 9.17) is 4.74 Å². The maximum Gasteiger partial charge on any atom is 0.160 e. The Morgan fingerprint density at radius 2 is 1.91 bits per heavy atom. The number of nitrogens with zero attached hydrogens (tertiary/aromatic N) is 1. The minimum atomic E-state index is 0.203. The fourth-order valence-electron chi connectivity index (χ4n) is 3.13. The first-order chi connectivity index (χ1) is 10.6. The molecule has 0 saturated heterocycles. The molecule has 0 saturated carbocycles. The van der Waals surface area contributed by atoms with Gasteiger partial charge >= 0.3 is 0 Å². The topological polar surface area (TPSA) is 52.9 Å². The van der Waals surface area contributed by atoms with Gasteiger partial charge in [0.15, 0.2) is 11.5 Å². The summed E-state index contributed by atoms with van der Waals surface area (Å²) >= 11 is 0. The number of rotatable bonds is 3. The van der Waals surface area contributed by atoms with Gasteiger partial charge in [0.2, 0.25) is 0 Å². The van der Waals surface area contributed by atoms with Crippen LogP contribution in [0.5, 0.6) is 17.2 Å². The molecule has 22 heavy (non-hydrogen) atoms. The van der Waals surface area contributed by atoms with E-state index in [1.807, 2.05) is 24.3 Å². The molecule has 0 unspecified atom stereocenters. The van der Waals surface area contributed by atoms with E-state index in [2.05, 4.69) is 11.9 Å². The molecular weight excluding hydrogens is 278 g/mol. The molecule has 3 rings (SSSR count). The predicted molar refractivity (Wildman–Crippen MR) is 85.5 cm³/mol. The van der Waals surface area contributed by atoms with Crippen molar-refractivity contribution in [2.75, 3.05) is 20.7 Å². The summed E-state index contributed by atoms with van der Waals surface area (Å²) in [5.41, 5.74) is 3.56. The lowest BCUT2D eigenvalue weighted by Gasteiger charge is -2.35. The Morgan fingerprint density at radius 3 is 2.59 bits per heavy atom. The third-order valence-electron chi connectivity index (χ3n) is 4.43. The molecule has 0 radical (unpaired) electrons. The van der Waals surface area contributed by atoms with Crippen LogP contribution in [0, 0.1) is 0 Å². The maximum atomic E-state index is 9.97. The van der Waals surface area contributed by atoms with Crippen molar-refractivity contribution in [2.45, 2.75) is 18.9 Å². The zero-order valence-corrected chi connectivity index (χ0v) is 12.9. The molecule has 0 aromatic heterocycles. The SMILES string of the molecule is COc1cc2c(cc1O)CCN(C)[C@@H]2Cc1ccc(O)cc1. The molecule has 0 spiro atoms. The predicted octanol–water partition coefficient (Wildman–Crippen LogP) is 2.88. The number of aromatic hydroxyl groups is 2. The lowest BCUT2D eigenvalue weighted by Crippen LogP contribution is -2.33. The van der Waals surface area contributed by atoms with Crippen LogP contribution in [-0.2, 0) is 12.8 Å². The molecule has 2 aromatic carbocycles. The van der Waals surface area contributed by atoms with E-state index in [0.717, 1.165) is 19.4 Å². The first-order valence-electron chi connectivity index (χ1n) is 7.46. The minimum absolute atomic E-state index is 0.203. The second kappa shape index (κ2) is 5.89. The smallest absolute Gasteiger partial charge is 0.160 e. The Bertz CT molecular complexity index is 667. The summed E-state index contributed by atoms with van der Waals surface area (Å²) in [7, 11) is 3.69. The average molecular weight is 299 g/mol. The maximum absolute atomic E-state index is 9.97. The molecule has 1 aliphatic rings. The first kappa shape index (κ1) is 14.7. The number of phenolic OH excluding ortho intramolecular Hbond substituents is 2. The van der Waals surface area contributed by atoms with Crippen molar-refractivity contribution in [1.29, 1.82) is 0 Å². The molecule has 1 atom stereocenters. The van der Waals surface area contributed by atoms with Crippen LogP contribution in [0.2, 0.25) is 0 Å². The van der Waals surface area contributed by atoms with Crippen LogP contribution in [0.15, 0.2) is 36.4 Å². The summed E-state index contributed by atoms with van der Waals surface area (Å²) in [5, 5.41) is 19.4. The quantitative estimate of drug-likeness (QED) is 0.915. The van der Waals surface area contributed by atoms with Crippen LogP contribution in [0.4, 0.5) is 0 Å². The van der Waals surface area contributed by atoms with Gasteiger partial charge in [-0.3, -0.25) is 4.90 Å². The van der Waals surface area contributed by atoms with Crippen LogP contribution in [0.3, 0.4) is 0 Å². The summed E-state index contributed by atoms with van der Waals surface area (Å²) in [5.74, 6) is 1.01. The van der Waals surface area contributed by atoms with Gasteiger partial charge in [0.1, 0.15) is 5.75 Å². The Morgan fingerprint density at radius 1 is 1.18 bits per heavy atom. The highest BCUT2D eigenvalue weighted by atomic mass is 16.5. The second-order valence-corrected chi connectivity index (χ2v) is 5.84. The molecule has 4 heteroatoms. The molecule has 0 bridgehead atoms. The third-order valence-corrected chi connectivity index (χ3v) is 4.43. The van der Waals surface area contributed by atoms with Crippen LogP contribution >= 0.6 is 0 Å². The standard InChI is InChI=1S/C18H21NO3/c1-19-8-7-13-10-17(21)18(22-2)11-15(13)16(19)9-12-3-5-14(20)6-4-12/h3-6,10-11,16,20-21H,7-9H2,1-2H3/t16-/m1/s1. The van der Waals surface area contributed by atoms with E-state index in [1.165, 1.54) is 16.7 Å². The number of likely N-dealkylation sites (N-methyl/N-ethyl adjacent to an activating group) is 1. The van der Waals surface area contributed by atoms with Crippen molar-refractivity contribution in [2.24, 2.45) is 0 Å². The summed E-state index contributed by atoms with van der Waals surface area (Å²) in [6.07, 6.45) is 1.78. The molecular formula is C18H21NO3. The fourth-order valence-corrected chi connectivity index (χ4v) is 3.13. The van der Waals surface area contributed by atoms with E-state index < -0.39 is 0 Å². The Kier molecular flexibility index (Phi) is 3.94. The number of benzene rings is 2. The minimum Gasteiger partial charge on any atom is -0.508 e. The number of ether oxygens (including phenoxy) is 1. The monoisotopic (exact) mass is 299 g/mol. The van der Waals surface area contributed by atoms with Gasteiger partial charge in [-0.05, 0) is 60.8 Å². The third kappa shape index (κ3) is 2.74. The van der Waals surface area contributed by atoms with Crippen molar-refractivity contribution in [3.63, 3.8) is 0 Å². The van der Waals surface area contributed by atoms with Crippen LogP contribution in [0.1, 0.15) is 22.7 Å². The van der Waals surface area contributed by atoms with E-state index in [1.54, 1.807) is 19.2 Å². The molecule has 2 N–H and O–H groups in total. The van der Waals surface area contributed by atoms with Gasteiger partial charge in [-0.2, -0.15) is 0 Å². The van der Waals surface area contributed by atoms with Crippen LogP contribution in [0.25, 0.3) is 0 Å². The van der Waals surface area contributed by atoms with Gasteiger partial charge in [-0.1, -0.05) is 12.1 Å². The highest BCUT2D eigenvalue weighted by molar-refractivity contribution is 5.49. The Hall–Kier alpha value is -2.20. The van der Waals surface area contributed by atoms with Crippen molar-refractivity contribution in [3.8, 4) is 17.2 Å². The molecule has 0 fully saturated rings. The number of fused-ring (bicyclic) bond motifs is 1. The lowest BCUT2D eigenvalue weighted by atomic mass is 9.88. The Labute approximate surface area is 130 Å². The zero-order valence-electron chi connectivity index (χ0n) is 12.9. The highest BCUT2D eigenvalue weighted by Crippen LogP contribution is 2.38. The normalized spacial score (nSPS) is 18.0. The van der Waals surface area contributed by atoms with Crippen molar-refractivity contribution in [3.05, 3.63) is 53.1 Å². The number of hydrogen-bond donors (Lipinski definition) is 2. The lowest BCUT2D eigenvalue weighted by molar-refractivity contribution is 0.228. The number of phenols is 2. The second-order valence-electron chi connectivity index (χ2n) is 5.84. The number of methoxy groups -OCH3 is 1. The van der Waals surface area contributed by atoms with Crippen molar-refractivity contribution in [1.82, 2.24) is 4.90 Å². The molecule has 4 nitrogen and oxygen atoms in total. The van der Waals surface area contributed by atoms with Gasteiger partial charge in [-0.15, -0.1) is 0 Å². The first-order valence-corrected chi connectivity index (χ1v) is 7.46. The molecule has 0 aliphatic carbocycles. The van der Waals surface area contributed by atoms with Crippen molar-refractivity contribution < 1.29 is 14.9 Å². The van der Waals surface area contributed by atoms with Gasteiger partial charge in [0, 0.05) is 12.6 Å². The molecule has 0 amide bonds. The van der Waals surface area contributed by atoms with Crippen molar-refractivity contribution >= 4 is 0 Å². The summed E-state index contributed by atoms with van der Waals surface area (Å²) < 4.78 is 5.26. The van der Waals surface area contributed by atoms with E-state index in [9.17, 15) is 10.2 Å². The molecule has 1 aliphatic heterocycles. The summed E-state index contributed by atoms with van der Waals surface area (Å²) in [6, 6.07) is 11.4. The Balaban J connectivity index is 1.96. The fraction of sp³-hybridized carbons (Fsp3) is 0.333. The van der Waals surface area contributed by atoms with E-state index in [0.29, 0.717) is 5.75 Å². The molecule has 116 valence electrons. The number of hydrogen-bond acceptors (Lipinski definition) is 4. The highest BCUT2D eigenvalue weighted by Gasteiger charge is 2.26. The zero-order chi connectivity index (χ0) is 15.7. The summed E-state index contributed by atoms with van der Waals surface area (Å²) in [4.78, 5) is 2.33. The van der Waals surface area contributed by atoms with E-state index in [-0.39, 0.29) is 17.5 Å². The van der Waals surface area contributed by atoms with Crippen LogP contribution < -0.4 is 4.74 Å². The van der Waals surface area contributed by atoms with E-state index >= 15 is 0 Å². The van der Waals surface area contributed by atoms with Gasteiger partial charge < -0.3 is 14.9 Å². The van der Waals surface area contributed by atoms with Gasteiger partial charge in [0.25, 0.3) is 0 Å².